The molecule has 0 aliphatic carbocycles. The van der Waals surface area contributed by atoms with Gasteiger partial charge in [-0.3, -0.25) is 5.10 Å². The fraction of sp³-hybridized carbons (Fsp3) is 0.0526. The zero-order valence-electron chi connectivity index (χ0n) is 15.4. The molecule has 4 aromatic rings. The number of halogens is 4. The SMILES string of the molecule is O=C(Nc1cccc(Oc2ncnc3[nH]ncc23)c1)Nc1ccc(Cl)c(C(F)(F)F)c1. The predicted molar refractivity (Wildman–Crippen MR) is 107 cm³/mol. The summed E-state index contributed by atoms with van der Waals surface area (Å²) in [5.74, 6) is 0.631. The number of anilines is 2. The number of fused-ring (bicyclic) bond motifs is 1. The molecule has 12 heteroatoms. The largest absolute Gasteiger partial charge is 0.438 e. The molecule has 2 aromatic heterocycles. The minimum atomic E-state index is -4.64. The van der Waals surface area contributed by atoms with Crippen LogP contribution in [0.2, 0.25) is 5.02 Å². The van der Waals surface area contributed by atoms with Gasteiger partial charge in [-0.15, -0.1) is 0 Å². The second-order valence-corrected chi connectivity index (χ2v) is 6.62. The molecule has 2 aromatic carbocycles. The van der Waals surface area contributed by atoms with E-state index in [4.69, 9.17) is 16.3 Å². The van der Waals surface area contributed by atoms with Gasteiger partial charge in [-0.05, 0) is 30.3 Å². The Bertz CT molecular complexity index is 1260. The number of rotatable bonds is 4. The number of aromatic nitrogens is 4. The third kappa shape index (κ3) is 4.67. The summed E-state index contributed by atoms with van der Waals surface area (Å²) in [5, 5.41) is 11.5. The minimum absolute atomic E-state index is 0.0648. The summed E-state index contributed by atoms with van der Waals surface area (Å²) in [6, 6.07) is 8.72. The summed E-state index contributed by atoms with van der Waals surface area (Å²) in [7, 11) is 0. The number of H-pyrrole nitrogens is 1. The predicted octanol–water partition coefficient (Wildman–Crippen LogP) is 5.46. The number of amides is 2. The van der Waals surface area contributed by atoms with E-state index in [1.54, 1.807) is 18.2 Å². The standard InChI is InChI=1S/C19H12ClF3N6O2/c20-15-5-4-11(7-14(15)19(21,22)23)28-18(30)27-10-2-1-3-12(6-10)31-17-13-8-26-29-16(13)24-9-25-17/h1-9H,(H2,27,28,30)(H,24,25,26,29). The van der Waals surface area contributed by atoms with Crippen molar-refractivity contribution in [3.63, 3.8) is 0 Å². The highest BCUT2D eigenvalue weighted by atomic mass is 35.5. The average Bonchev–Trinajstić information content (AvgIpc) is 3.19. The Morgan fingerprint density at radius 2 is 1.84 bits per heavy atom. The van der Waals surface area contributed by atoms with Crippen molar-refractivity contribution < 1.29 is 22.7 Å². The fourth-order valence-electron chi connectivity index (χ4n) is 2.69. The van der Waals surface area contributed by atoms with Crippen LogP contribution in [0.3, 0.4) is 0 Å². The van der Waals surface area contributed by atoms with Gasteiger partial charge in [0.15, 0.2) is 5.65 Å². The fourth-order valence-corrected chi connectivity index (χ4v) is 2.91. The number of alkyl halides is 3. The van der Waals surface area contributed by atoms with Crippen molar-refractivity contribution in [2.75, 3.05) is 10.6 Å². The van der Waals surface area contributed by atoms with Gasteiger partial charge < -0.3 is 15.4 Å². The molecule has 0 unspecified atom stereocenters. The molecule has 8 nitrogen and oxygen atoms in total. The number of carbonyl (C=O) groups excluding carboxylic acids is 1. The average molecular weight is 449 g/mol. The monoisotopic (exact) mass is 448 g/mol. The van der Waals surface area contributed by atoms with Crippen LogP contribution >= 0.6 is 11.6 Å². The normalized spacial score (nSPS) is 11.4. The number of ether oxygens (including phenoxy) is 1. The zero-order chi connectivity index (χ0) is 22.0. The first-order valence-electron chi connectivity index (χ1n) is 8.66. The first-order valence-corrected chi connectivity index (χ1v) is 9.04. The van der Waals surface area contributed by atoms with E-state index in [9.17, 15) is 18.0 Å². The molecule has 0 saturated carbocycles. The lowest BCUT2D eigenvalue weighted by Crippen LogP contribution is -2.20. The number of hydrogen-bond donors (Lipinski definition) is 3. The summed E-state index contributed by atoms with van der Waals surface area (Å²) in [5.41, 5.74) is -0.264. The van der Waals surface area contributed by atoms with Crippen molar-refractivity contribution >= 4 is 40.0 Å². The van der Waals surface area contributed by atoms with Gasteiger partial charge in [-0.1, -0.05) is 17.7 Å². The molecule has 3 N–H and O–H groups in total. The number of nitrogens with zero attached hydrogens (tertiary/aromatic N) is 3. The number of nitrogens with one attached hydrogen (secondary N) is 3. The number of benzene rings is 2. The molecule has 31 heavy (non-hydrogen) atoms. The Labute approximate surface area is 177 Å². The highest BCUT2D eigenvalue weighted by Crippen LogP contribution is 2.36. The van der Waals surface area contributed by atoms with Crippen LogP contribution in [0, 0.1) is 0 Å². The van der Waals surface area contributed by atoms with E-state index in [-0.39, 0.29) is 11.6 Å². The zero-order valence-corrected chi connectivity index (χ0v) is 16.1. The summed E-state index contributed by atoms with van der Waals surface area (Å²) in [6.07, 6.45) is -1.81. The lowest BCUT2D eigenvalue weighted by molar-refractivity contribution is -0.137. The molecule has 0 radical (unpaired) electrons. The van der Waals surface area contributed by atoms with Gasteiger partial charge >= 0.3 is 12.2 Å². The Morgan fingerprint density at radius 1 is 1.06 bits per heavy atom. The van der Waals surface area contributed by atoms with Gasteiger partial charge in [0, 0.05) is 17.4 Å². The summed E-state index contributed by atoms with van der Waals surface area (Å²) < 4.78 is 44.6. The molecular formula is C19H12ClF3N6O2. The molecule has 4 rings (SSSR count). The first kappa shape index (κ1) is 20.4. The van der Waals surface area contributed by atoms with Gasteiger partial charge in [-0.25, -0.2) is 14.8 Å². The van der Waals surface area contributed by atoms with Crippen LogP contribution in [-0.2, 0) is 6.18 Å². The maximum absolute atomic E-state index is 13.0. The molecule has 0 bridgehead atoms. The molecule has 158 valence electrons. The van der Waals surface area contributed by atoms with Crippen LogP contribution in [0.25, 0.3) is 11.0 Å². The quantitative estimate of drug-likeness (QED) is 0.384. The lowest BCUT2D eigenvalue weighted by atomic mass is 10.2. The molecule has 0 spiro atoms. The minimum Gasteiger partial charge on any atom is -0.438 e. The van der Waals surface area contributed by atoms with Crippen molar-refractivity contribution in [1.29, 1.82) is 0 Å². The van der Waals surface area contributed by atoms with Crippen molar-refractivity contribution in [1.82, 2.24) is 20.2 Å². The van der Waals surface area contributed by atoms with E-state index < -0.39 is 22.8 Å². The molecular weight excluding hydrogens is 437 g/mol. The smallest absolute Gasteiger partial charge is 0.417 e. The third-order valence-corrected chi connectivity index (χ3v) is 4.38. The van der Waals surface area contributed by atoms with Gasteiger partial charge in [-0.2, -0.15) is 18.3 Å². The van der Waals surface area contributed by atoms with E-state index in [0.717, 1.165) is 12.1 Å². The van der Waals surface area contributed by atoms with Crippen LogP contribution in [0.5, 0.6) is 11.6 Å². The van der Waals surface area contributed by atoms with Crippen molar-refractivity contribution in [3.05, 3.63) is 65.6 Å². The van der Waals surface area contributed by atoms with E-state index in [2.05, 4.69) is 30.8 Å². The van der Waals surface area contributed by atoms with Gasteiger partial charge in [0.2, 0.25) is 5.88 Å². The molecule has 0 saturated heterocycles. The number of carbonyl (C=O) groups is 1. The Hall–Kier alpha value is -3.86. The van der Waals surface area contributed by atoms with Crippen LogP contribution < -0.4 is 15.4 Å². The van der Waals surface area contributed by atoms with Crippen molar-refractivity contribution in [2.45, 2.75) is 6.18 Å². The van der Waals surface area contributed by atoms with Crippen molar-refractivity contribution in [2.24, 2.45) is 0 Å². The molecule has 2 amide bonds. The maximum atomic E-state index is 13.0. The molecule has 0 atom stereocenters. The molecule has 0 aliphatic rings. The van der Waals surface area contributed by atoms with E-state index in [1.807, 2.05) is 0 Å². The molecule has 2 heterocycles. The van der Waals surface area contributed by atoms with Gasteiger partial charge in [0.1, 0.15) is 17.5 Å². The van der Waals surface area contributed by atoms with Crippen LogP contribution in [0.1, 0.15) is 5.56 Å². The summed E-state index contributed by atoms with van der Waals surface area (Å²) in [6.45, 7) is 0. The van der Waals surface area contributed by atoms with E-state index in [1.165, 1.54) is 24.7 Å². The highest BCUT2D eigenvalue weighted by molar-refractivity contribution is 6.31. The number of urea groups is 1. The topological polar surface area (TPSA) is 105 Å². The Kier molecular flexibility index (Phi) is 5.34. The highest BCUT2D eigenvalue weighted by Gasteiger charge is 2.33. The number of hydrogen-bond acceptors (Lipinski definition) is 5. The van der Waals surface area contributed by atoms with Gasteiger partial charge in [0.25, 0.3) is 0 Å². The van der Waals surface area contributed by atoms with E-state index >= 15 is 0 Å². The van der Waals surface area contributed by atoms with Crippen molar-refractivity contribution in [3.8, 4) is 11.6 Å². The first-order chi connectivity index (χ1) is 14.8. The van der Waals surface area contributed by atoms with Crippen LogP contribution in [0.4, 0.5) is 29.3 Å². The maximum Gasteiger partial charge on any atom is 0.417 e. The van der Waals surface area contributed by atoms with Gasteiger partial charge in [0.05, 0.1) is 16.8 Å². The third-order valence-electron chi connectivity index (χ3n) is 4.05. The van der Waals surface area contributed by atoms with Crippen LogP contribution in [-0.4, -0.2) is 26.2 Å². The second-order valence-electron chi connectivity index (χ2n) is 6.21. The lowest BCUT2D eigenvalue weighted by Gasteiger charge is -2.13. The Morgan fingerprint density at radius 3 is 2.61 bits per heavy atom. The second kappa shape index (κ2) is 8.11. The summed E-state index contributed by atoms with van der Waals surface area (Å²) >= 11 is 5.58. The molecule has 0 aliphatic heterocycles. The van der Waals surface area contributed by atoms with E-state index in [0.29, 0.717) is 22.5 Å². The Balaban J connectivity index is 1.47. The number of aromatic amines is 1. The molecule has 0 fully saturated rings. The summed E-state index contributed by atoms with van der Waals surface area (Å²) in [4.78, 5) is 20.3. The van der Waals surface area contributed by atoms with Crippen LogP contribution in [0.15, 0.2) is 55.0 Å².